The third kappa shape index (κ3) is 7.42. The molecule has 4 amide bonds. The highest BCUT2D eigenvalue weighted by Crippen LogP contribution is 2.64. The third-order valence-corrected chi connectivity index (χ3v) is 12.5. The topological polar surface area (TPSA) is 153 Å². The van der Waals surface area contributed by atoms with Gasteiger partial charge in [0, 0.05) is 18.0 Å². The van der Waals surface area contributed by atoms with Crippen LogP contribution in [0, 0.1) is 17.3 Å². The van der Waals surface area contributed by atoms with E-state index in [0.717, 1.165) is 25.0 Å². The fraction of sp³-hybridized carbons (Fsp3) is 0.513. The van der Waals surface area contributed by atoms with Crippen molar-refractivity contribution in [1.29, 1.82) is 0 Å². The zero-order valence-electron chi connectivity index (χ0n) is 31.8. The molecule has 5 aliphatic rings. The van der Waals surface area contributed by atoms with Crippen molar-refractivity contribution in [1.82, 2.24) is 25.5 Å². The number of halogens is 4. The molecule has 3 aliphatic carbocycles. The Labute approximate surface area is 327 Å². The zero-order chi connectivity index (χ0) is 40.4. The van der Waals surface area contributed by atoms with Crippen LogP contribution >= 0.6 is 11.6 Å². The number of alkyl halides is 3. The molecule has 4 fully saturated rings. The first kappa shape index (κ1) is 39.8. The van der Waals surface area contributed by atoms with Crippen molar-refractivity contribution in [3.05, 3.63) is 92.6 Å². The van der Waals surface area contributed by atoms with Crippen LogP contribution < -0.4 is 26.8 Å². The van der Waals surface area contributed by atoms with Crippen LogP contribution in [0.1, 0.15) is 88.9 Å². The summed E-state index contributed by atoms with van der Waals surface area (Å²) in [7, 11) is -0.729. The van der Waals surface area contributed by atoms with Gasteiger partial charge < -0.3 is 25.3 Å². The lowest BCUT2D eigenvalue weighted by molar-refractivity contribution is -0.185. The second-order valence-corrected chi connectivity index (χ2v) is 17.0. The molecule has 2 bridgehead atoms. The highest BCUT2D eigenvalue weighted by molar-refractivity contribution is 6.47. The first-order valence-electron chi connectivity index (χ1n) is 18.8. The molecule has 2 aromatic carbocycles. The summed E-state index contributed by atoms with van der Waals surface area (Å²) >= 11 is 5.94. The SMILES string of the molecule is CC[C@H](NC(=O)[C@@H]1C[C@@](C)(NC(=O)NC(=O)Cc2ccc(Cl)cc2)c2ncc(NCc3cccc(C(F)(F)F)c3)c(=O)n21)B1O[C@@H]2C3CC(C[C@]2(C)O1)C3(C)C. The number of benzene rings is 2. The van der Waals surface area contributed by atoms with Gasteiger partial charge in [-0.25, -0.2) is 9.78 Å². The number of urea groups is 1. The van der Waals surface area contributed by atoms with Crippen molar-refractivity contribution in [3.8, 4) is 0 Å². The minimum Gasteiger partial charge on any atom is -0.404 e. The molecule has 4 N–H and O–H groups in total. The Morgan fingerprint density at radius 1 is 1.07 bits per heavy atom. The second kappa shape index (κ2) is 14.5. The van der Waals surface area contributed by atoms with Gasteiger partial charge in [-0.15, -0.1) is 0 Å². The molecule has 3 heterocycles. The Morgan fingerprint density at radius 3 is 2.48 bits per heavy atom. The lowest BCUT2D eigenvalue weighted by atomic mass is 9.45. The Kier molecular flexibility index (Phi) is 10.3. The molecule has 298 valence electrons. The Hall–Kier alpha value is -4.41. The van der Waals surface area contributed by atoms with Gasteiger partial charge in [-0.05, 0) is 85.8 Å². The third-order valence-electron chi connectivity index (χ3n) is 12.3. The summed E-state index contributed by atoms with van der Waals surface area (Å²) in [6, 6.07) is 9.23. The number of hydrogen-bond donors (Lipinski definition) is 4. The number of anilines is 1. The molecule has 0 radical (unpaired) electrons. The number of nitrogens with zero attached hydrogens (tertiary/aromatic N) is 2. The highest BCUT2D eigenvalue weighted by atomic mass is 35.5. The van der Waals surface area contributed by atoms with Gasteiger partial charge in [0.25, 0.3) is 5.56 Å². The Morgan fingerprint density at radius 2 is 1.80 bits per heavy atom. The molecular weight excluding hydrogens is 752 g/mol. The number of carbonyl (C=O) groups excluding carboxylic acids is 3. The van der Waals surface area contributed by atoms with Crippen LogP contribution in [0.2, 0.25) is 5.02 Å². The first-order chi connectivity index (χ1) is 26.3. The van der Waals surface area contributed by atoms with E-state index >= 15 is 0 Å². The van der Waals surface area contributed by atoms with Gasteiger partial charge in [0.1, 0.15) is 17.6 Å². The molecule has 3 aromatic rings. The molecule has 12 nitrogen and oxygen atoms in total. The number of carbonyl (C=O) groups is 3. The summed E-state index contributed by atoms with van der Waals surface area (Å²) in [6.07, 6.45) is -1.31. The van der Waals surface area contributed by atoms with Crippen LogP contribution in [0.3, 0.4) is 0 Å². The Bertz CT molecular complexity index is 2100. The van der Waals surface area contributed by atoms with Crippen LogP contribution in [0.4, 0.5) is 23.7 Å². The van der Waals surface area contributed by atoms with Gasteiger partial charge in [0.2, 0.25) is 11.8 Å². The summed E-state index contributed by atoms with van der Waals surface area (Å²) < 4.78 is 54.4. The van der Waals surface area contributed by atoms with Crippen molar-refractivity contribution in [2.75, 3.05) is 5.32 Å². The second-order valence-electron chi connectivity index (χ2n) is 16.5. The first-order valence-corrected chi connectivity index (χ1v) is 19.2. The van der Waals surface area contributed by atoms with E-state index in [4.69, 9.17) is 20.9 Å². The van der Waals surface area contributed by atoms with Crippen LogP contribution in [-0.4, -0.2) is 52.2 Å². The number of rotatable bonds is 10. The summed E-state index contributed by atoms with van der Waals surface area (Å²) in [5.41, 5.74) is -2.45. The molecule has 1 aromatic heterocycles. The van der Waals surface area contributed by atoms with Crippen LogP contribution in [0.25, 0.3) is 0 Å². The molecule has 0 spiro atoms. The number of amides is 4. The smallest absolute Gasteiger partial charge is 0.404 e. The largest absolute Gasteiger partial charge is 0.481 e. The fourth-order valence-electron chi connectivity index (χ4n) is 9.03. The van der Waals surface area contributed by atoms with E-state index in [2.05, 4.69) is 47.0 Å². The summed E-state index contributed by atoms with van der Waals surface area (Å²) in [5, 5.41) is 11.5. The zero-order valence-corrected chi connectivity index (χ0v) is 32.5. The van der Waals surface area contributed by atoms with E-state index in [1.807, 2.05) is 6.92 Å². The average molecular weight is 797 g/mol. The molecule has 3 saturated carbocycles. The van der Waals surface area contributed by atoms with E-state index < -0.39 is 65.4 Å². The lowest BCUT2D eigenvalue weighted by Crippen LogP contribution is -2.63. The minimum atomic E-state index is -4.55. The van der Waals surface area contributed by atoms with E-state index in [0.29, 0.717) is 28.8 Å². The van der Waals surface area contributed by atoms with Gasteiger partial charge in [-0.3, -0.25) is 24.3 Å². The van der Waals surface area contributed by atoms with Gasteiger partial charge in [0.05, 0.1) is 41.4 Å². The van der Waals surface area contributed by atoms with Crippen molar-refractivity contribution >= 4 is 42.3 Å². The molecule has 8 rings (SSSR count). The molecule has 56 heavy (non-hydrogen) atoms. The molecule has 2 aliphatic heterocycles. The van der Waals surface area contributed by atoms with Crippen LogP contribution in [0.15, 0.2) is 59.5 Å². The monoisotopic (exact) mass is 796 g/mol. The summed E-state index contributed by atoms with van der Waals surface area (Å²) in [4.78, 5) is 59.1. The predicted molar refractivity (Wildman–Crippen MR) is 202 cm³/mol. The lowest BCUT2D eigenvalue weighted by Gasteiger charge is -2.63. The summed E-state index contributed by atoms with van der Waals surface area (Å²) in [5.74, 6) is -0.820. The number of aromatic nitrogens is 2. The van der Waals surface area contributed by atoms with Crippen LogP contribution in [-0.2, 0) is 43.6 Å². The van der Waals surface area contributed by atoms with E-state index in [1.54, 1.807) is 31.2 Å². The maximum atomic E-state index is 14.3. The number of nitrogens with one attached hydrogen (secondary N) is 4. The van der Waals surface area contributed by atoms with Crippen molar-refractivity contribution in [2.24, 2.45) is 17.3 Å². The molecule has 17 heteroatoms. The standard InChI is InChI=1S/C39H45BClF3N6O6/c1-6-29(40-55-31-26-16-24(36(26,2)3)17-38(31,5)56-40)47-32(52)28-18-37(4,49-35(54)48-30(51)15-21-10-12-25(41)13-11-21)34-46-20-27(33(53)50(28)34)45-19-22-8-7-9-23(14-22)39(42,43)44/h7-14,20,24,26,28-29,31,45H,6,15-19H2,1-5H3,(H,47,52)(H2,48,49,51,54)/t24?,26?,28-,29-,31+,37+,38-/m0/s1. The maximum absolute atomic E-state index is 14.3. The normalized spacial score (nSPS) is 27.7. The number of hydrogen-bond acceptors (Lipinski definition) is 8. The van der Waals surface area contributed by atoms with E-state index in [1.165, 1.54) is 22.9 Å². The average Bonchev–Trinajstić information content (AvgIpc) is 3.65. The van der Waals surface area contributed by atoms with E-state index in [-0.39, 0.29) is 48.0 Å². The number of imide groups is 1. The molecule has 2 unspecified atom stereocenters. The number of fused-ring (bicyclic) bond motifs is 1. The van der Waals surface area contributed by atoms with Crippen LogP contribution in [0.5, 0.6) is 0 Å². The van der Waals surface area contributed by atoms with Crippen molar-refractivity contribution in [3.63, 3.8) is 0 Å². The quantitative estimate of drug-likeness (QED) is 0.185. The van der Waals surface area contributed by atoms with Gasteiger partial charge >= 0.3 is 19.3 Å². The Balaban J connectivity index is 1.12. The van der Waals surface area contributed by atoms with Crippen molar-refractivity contribution < 1.29 is 36.9 Å². The molecule has 1 saturated heterocycles. The molecule has 7 atom stereocenters. The highest BCUT2D eigenvalue weighted by Gasteiger charge is 2.67. The van der Waals surface area contributed by atoms with Gasteiger partial charge in [0.15, 0.2) is 0 Å². The summed E-state index contributed by atoms with van der Waals surface area (Å²) in [6.45, 7) is 9.93. The minimum absolute atomic E-state index is 0.0505. The van der Waals surface area contributed by atoms with Gasteiger partial charge in [-0.2, -0.15) is 13.2 Å². The predicted octanol–water partition coefficient (Wildman–Crippen LogP) is 5.92. The fourth-order valence-corrected chi connectivity index (χ4v) is 9.15. The van der Waals surface area contributed by atoms with Gasteiger partial charge in [-0.1, -0.05) is 56.6 Å². The maximum Gasteiger partial charge on any atom is 0.481 e. The molecular formula is C39H45BClF3N6O6. The van der Waals surface area contributed by atoms with Crippen molar-refractivity contribution in [2.45, 2.75) is 109 Å². The van der Waals surface area contributed by atoms with E-state index in [9.17, 15) is 32.3 Å².